The molecule has 0 aliphatic heterocycles. The molecule has 0 bridgehead atoms. The topological polar surface area (TPSA) is 102 Å². The van der Waals surface area contributed by atoms with Gasteiger partial charge in [0.2, 0.25) is 10.0 Å². The molecule has 1 aromatic carbocycles. The number of benzene rings is 1. The Bertz CT molecular complexity index is 624. The lowest BCUT2D eigenvalue weighted by Crippen LogP contribution is -2.21. The number of carboxylic acids is 1. The Balaban J connectivity index is 3.30. The second-order valence-corrected chi connectivity index (χ2v) is 6.60. The molecule has 0 fully saturated rings. The van der Waals surface area contributed by atoms with Crippen LogP contribution in [0.3, 0.4) is 0 Å². The number of hydrogen-bond acceptors (Lipinski definition) is 5. The molecule has 0 atom stereocenters. The number of sulfonamides is 1. The Hall–Kier alpha value is -1.96. The first-order valence-electron chi connectivity index (χ1n) is 6.20. The zero-order valence-corrected chi connectivity index (χ0v) is 13.2. The van der Waals surface area contributed by atoms with Crippen LogP contribution in [0.5, 0.6) is 11.5 Å². The van der Waals surface area contributed by atoms with Gasteiger partial charge in [0.05, 0.1) is 31.2 Å². The van der Waals surface area contributed by atoms with Crippen LogP contribution in [0.25, 0.3) is 0 Å². The molecule has 0 aliphatic carbocycles. The van der Waals surface area contributed by atoms with Gasteiger partial charge in [0.25, 0.3) is 0 Å². The molecule has 0 saturated heterocycles. The summed E-state index contributed by atoms with van der Waals surface area (Å²) < 4.78 is 36.3. The molecule has 8 heteroatoms. The first-order chi connectivity index (χ1) is 9.70. The van der Waals surface area contributed by atoms with Crippen molar-refractivity contribution in [1.82, 2.24) is 0 Å². The summed E-state index contributed by atoms with van der Waals surface area (Å²) in [5, 5.41) is 9.20. The molecule has 0 aliphatic rings. The van der Waals surface area contributed by atoms with Gasteiger partial charge in [-0.2, -0.15) is 0 Å². The van der Waals surface area contributed by atoms with E-state index in [4.69, 9.17) is 9.47 Å². The van der Waals surface area contributed by atoms with Gasteiger partial charge < -0.3 is 14.6 Å². The minimum Gasteiger partial charge on any atom is -0.493 e. The first kappa shape index (κ1) is 17.1. The summed E-state index contributed by atoms with van der Waals surface area (Å²) in [6.45, 7) is 3.51. The number of methoxy groups -OCH3 is 2. The van der Waals surface area contributed by atoms with E-state index in [1.54, 1.807) is 13.8 Å². The summed E-state index contributed by atoms with van der Waals surface area (Å²) in [6.07, 6.45) is 0. The fourth-order valence-corrected chi connectivity index (χ4v) is 3.25. The highest BCUT2D eigenvalue weighted by atomic mass is 32.2. The second-order valence-electron chi connectivity index (χ2n) is 4.84. The molecule has 2 N–H and O–H groups in total. The lowest BCUT2D eigenvalue weighted by Gasteiger charge is -2.15. The normalized spacial score (nSPS) is 11.3. The van der Waals surface area contributed by atoms with Gasteiger partial charge >= 0.3 is 5.97 Å². The van der Waals surface area contributed by atoms with Crippen LogP contribution in [0.4, 0.5) is 5.69 Å². The Labute approximate surface area is 123 Å². The third kappa shape index (κ3) is 4.52. The maximum absolute atomic E-state index is 12.0. The molecule has 1 aromatic rings. The monoisotopic (exact) mass is 317 g/mol. The standard InChI is InChI=1S/C13H19NO6S/c1-8(2)7-21(17,18)14-10-6-12(20-4)11(19-3)5-9(10)13(15)16/h5-6,8,14H,7H2,1-4H3,(H,15,16). The molecule has 0 radical (unpaired) electrons. The minimum atomic E-state index is -3.64. The predicted molar refractivity (Wildman–Crippen MR) is 78.8 cm³/mol. The van der Waals surface area contributed by atoms with E-state index in [2.05, 4.69) is 4.72 Å². The highest BCUT2D eigenvalue weighted by Crippen LogP contribution is 2.33. The van der Waals surface area contributed by atoms with Crippen LogP contribution in [0.15, 0.2) is 12.1 Å². The van der Waals surface area contributed by atoms with Crippen molar-refractivity contribution >= 4 is 21.7 Å². The quantitative estimate of drug-likeness (QED) is 0.795. The number of aromatic carboxylic acids is 1. The molecule has 7 nitrogen and oxygen atoms in total. The number of hydrogen-bond donors (Lipinski definition) is 2. The number of anilines is 1. The lowest BCUT2D eigenvalue weighted by molar-refractivity contribution is 0.0697. The van der Waals surface area contributed by atoms with Crippen LogP contribution in [0.1, 0.15) is 24.2 Å². The van der Waals surface area contributed by atoms with Crippen LogP contribution < -0.4 is 14.2 Å². The lowest BCUT2D eigenvalue weighted by atomic mass is 10.1. The van der Waals surface area contributed by atoms with Gasteiger partial charge in [-0.25, -0.2) is 13.2 Å². The van der Waals surface area contributed by atoms with Crippen molar-refractivity contribution in [2.45, 2.75) is 13.8 Å². The van der Waals surface area contributed by atoms with Crippen molar-refractivity contribution < 1.29 is 27.8 Å². The van der Waals surface area contributed by atoms with Gasteiger partial charge in [-0.1, -0.05) is 13.8 Å². The maximum Gasteiger partial charge on any atom is 0.337 e. The van der Waals surface area contributed by atoms with E-state index < -0.39 is 16.0 Å². The zero-order valence-electron chi connectivity index (χ0n) is 12.3. The van der Waals surface area contributed by atoms with E-state index in [9.17, 15) is 18.3 Å². The molecule has 0 heterocycles. The third-order valence-corrected chi connectivity index (χ3v) is 4.21. The summed E-state index contributed by atoms with van der Waals surface area (Å²) in [5.74, 6) is -1.01. The van der Waals surface area contributed by atoms with Crippen molar-refractivity contribution in [3.63, 3.8) is 0 Å². The molecular formula is C13H19NO6S. The largest absolute Gasteiger partial charge is 0.493 e. The summed E-state index contributed by atoms with van der Waals surface area (Å²) in [6, 6.07) is 2.51. The van der Waals surface area contributed by atoms with Crippen LogP contribution in [0, 0.1) is 5.92 Å². The fraction of sp³-hybridized carbons (Fsp3) is 0.462. The van der Waals surface area contributed by atoms with E-state index in [1.807, 2.05) is 0 Å². The van der Waals surface area contributed by atoms with Crippen LogP contribution in [0.2, 0.25) is 0 Å². The maximum atomic E-state index is 12.0. The molecular weight excluding hydrogens is 298 g/mol. The molecule has 118 valence electrons. The summed E-state index contributed by atoms with van der Waals surface area (Å²) >= 11 is 0. The average Bonchev–Trinajstić information content (AvgIpc) is 2.35. The molecule has 0 saturated carbocycles. The van der Waals surface area contributed by atoms with E-state index in [-0.39, 0.29) is 34.4 Å². The Morgan fingerprint density at radius 3 is 2.19 bits per heavy atom. The Morgan fingerprint density at radius 2 is 1.76 bits per heavy atom. The Kier molecular flexibility index (Phi) is 5.42. The van der Waals surface area contributed by atoms with Crippen LogP contribution in [-0.4, -0.2) is 39.5 Å². The SMILES string of the molecule is COc1cc(NS(=O)(=O)CC(C)C)c(C(=O)O)cc1OC. The van der Waals surface area contributed by atoms with Crippen LogP contribution in [-0.2, 0) is 10.0 Å². The van der Waals surface area contributed by atoms with Gasteiger partial charge in [-0.3, -0.25) is 4.72 Å². The Morgan fingerprint density at radius 1 is 1.24 bits per heavy atom. The van der Waals surface area contributed by atoms with Gasteiger partial charge in [-0.15, -0.1) is 0 Å². The smallest absolute Gasteiger partial charge is 0.337 e. The summed E-state index contributed by atoms with van der Waals surface area (Å²) in [5.41, 5.74) is -0.263. The number of ether oxygens (including phenoxy) is 2. The fourth-order valence-electron chi connectivity index (χ4n) is 1.79. The van der Waals surface area contributed by atoms with Crippen LogP contribution >= 0.6 is 0 Å². The van der Waals surface area contributed by atoms with Crippen molar-refractivity contribution in [2.24, 2.45) is 5.92 Å². The third-order valence-electron chi connectivity index (χ3n) is 2.57. The van der Waals surface area contributed by atoms with Gasteiger partial charge in [0.1, 0.15) is 0 Å². The molecule has 1 rings (SSSR count). The van der Waals surface area contributed by atoms with Crippen molar-refractivity contribution in [3.05, 3.63) is 17.7 Å². The van der Waals surface area contributed by atoms with Gasteiger partial charge in [0.15, 0.2) is 11.5 Å². The highest BCUT2D eigenvalue weighted by molar-refractivity contribution is 7.92. The minimum absolute atomic E-state index is 0.0548. The van der Waals surface area contributed by atoms with Crippen molar-refractivity contribution in [3.8, 4) is 11.5 Å². The second kappa shape index (κ2) is 6.66. The van der Waals surface area contributed by atoms with E-state index >= 15 is 0 Å². The predicted octanol–water partition coefficient (Wildman–Crippen LogP) is 1.80. The molecule has 0 unspecified atom stereocenters. The van der Waals surface area contributed by atoms with E-state index in [0.717, 1.165) is 0 Å². The molecule has 21 heavy (non-hydrogen) atoms. The van der Waals surface area contributed by atoms with Gasteiger partial charge in [-0.05, 0) is 5.92 Å². The molecule has 0 spiro atoms. The van der Waals surface area contributed by atoms with Gasteiger partial charge in [0, 0.05) is 12.1 Å². The molecule has 0 amide bonds. The zero-order chi connectivity index (χ0) is 16.2. The average molecular weight is 317 g/mol. The van der Waals surface area contributed by atoms with Crippen molar-refractivity contribution in [1.29, 1.82) is 0 Å². The number of nitrogens with one attached hydrogen (secondary N) is 1. The van der Waals surface area contributed by atoms with Crippen molar-refractivity contribution in [2.75, 3.05) is 24.7 Å². The molecule has 0 aromatic heterocycles. The number of carbonyl (C=O) groups is 1. The van der Waals surface area contributed by atoms with E-state index in [1.165, 1.54) is 26.4 Å². The van der Waals surface area contributed by atoms with E-state index in [0.29, 0.717) is 0 Å². The first-order valence-corrected chi connectivity index (χ1v) is 7.85. The number of rotatable bonds is 7. The summed E-state index contributed by atoms with van der Waals surface area (Å²) in [7, 11) is -0.897. The number of carboxylic acid groups (broad SMARTS) is 1. The highest BCUT2D eigenvalue weighted by Gasteiger charge is 2.21. The summed E-state index contributed by atoms with van der Waals surface area (Å²) in [4.78, 5) is 11.3.